The molecule has 13 N–H and O–H groups in total. The van der Waals surface area contributed by atoms with Gasteiger partial charge in [0.15, 0.2) is 17.5 Å². The van der Waals surface area contributed by atoms with E-state index in [4.69, 9.17) is 66.2 Å². The van der Waals surface area contributed by atoms with Gasteiger partial charge in [-0.3, -0.25) is 68.1 Å². The molecule has 0 bridgehead atoms. The maximum Gasteiger partial charge on any atom is 0.260 e. The average molecular weight is 1840 g/mol. The molecule has 39 heteroatoms. The first-order valence-corrected chi connectivity index (χ1v) is 44.2. The number of aliphatic hydroxyl groups is 1. The number of amides is 7. The maximum absolute atomic E-state index is 14.0. The number of nitrogens with one attached hydrogen (secondary N) is 6. The number of aliphatic hydroxyl groups excluding tert-OH is 1. The lowest BCUT2D eigenvalue weighted by Gasteiger charge is -2.34. The number of aryl methyl sites for hydroxylation is 6. The quantitative estimate of drug-likeness (QED) is 0.0199. The number of hydrogen-bond acceptors (Lipinski definition) is 26. The van der Waals surface area contributed by atoms with E-state index in [1.165, 1.54) is 34.0 Å². The van der Waals surface area contributed by atoms with E-state index in [0.29, 0.717) is 176 Å². The molecule has 0 radical (unpaired) electrons. The van der Waals surface area contributed by atoms with Crippen molar-refractivity contribution in [1.29, 1.82) is 0 Å². The third-order valence-corrected chi connectivity index (χ3v) is 25.5. The van der Waals surface area contributed by atoms with Gasteiger partial charge >= 0.3 is 0 Å². The number of ether oxygens (including phenoxy) is 3. The summed E-state index contributed by atoms with van der Waals surface area (Å²) in [6.07, 6.45) is 15.1. The van der Waals surface area contributed by atoms with Crippen molar-refractivity contribution in [3.63, 3.8) is 0 Å². The summed E-state index contributed by atoms with van der Waals surface area (Å²) in [5, 5.41) is 19.0. The van der Waals surface area contributed by atoms with Crippen molar-refractivity contribution < 1.29 is 52.9 Å². The molecule has 36 nitrogen and oxygen atoms in total. The Hall–Kier alpha value is -12.5. The number of halogens is 3. The number of likely N-dealkylation sites (tertiary alicyclic amines) is 2. The van der Waals surface area contributed by atoms with Crippen LogP contribution in [0.2, 0.25) is 15.5 Å². The first-order chi connectivity index (χ1) is 62.0. The molecule has 9 aromatic heterocycles. The first kappa shape index (κ1) is 95.1. The van der Waals surface area contributed by atoms with Gasteiger partial charge < -0.3 is 82.1 Å². The second-order valence-corrected chi connectivity index (χ2v) is 34.4. The van der Waals surface area contributed by atoms with Gasteiger partial charge in [-0.25, -0.2) is 15.0 Å². The molecule has 0 atom stereocenters. The van der Waals surface area contributed by atoms with Crippen LogP contribution in [-0.2, 0) is 38.8 Å². The van der Waals surface area contributed by atoms with Gasteiger partial charge in [-0.05, 0) is 157 Å². The number of pyridine rings is 3. The van der Waals surface area contributed by atoms with E-state index in [0.717, 1.165) is 97.6 Å². The van der Waals surface area contributed by atoms with E-state index in [2.05, 4.69) is 90.5 Å². The van der Waals surface area contributed by atoms with E-state index in [-0.39, 0.29) is 117 Å². The summed E-state index contributed by atoms with van der Waals surface area (Å²) in [5.41, 5.74) is 34.4. The largest absolute Gasteiger partial charge is 0.496 e. The molecular formula is C91H112Cl3N25O11. The van der Waals surface area contributed by atoms with Crippen LogP contribution in [0.5, 0.6) is 17.2 Å². The highest BCUT2D eigenvalue weighted by atomic mass is 35.5. The Balaban J connectivity index is 0.000000166. The summed E-state index contributed by atoms with van der Waals surface area (Å²) in [6, 6.07) is 0. The Morgan fingerprint density at radius 3 is 1.02 bits per heavy atom. The van der Waals surface area contributed by atoms with Crippen LogP contribution in [0.1, 0.15) is 188 Å². The van der Waals surface area contributed by atoms with E-state index in [1.54, 1.807) is 65.1 Å². The molecule has 6 aliphatic heterocycles. The highest BCUT2D eigenvalue weighted by Crippen LogP contribution is 2.46. The molecule has 130 heavy (non-hydrogen) atoms. The zero-order valence-corrected chi connectivity index (χ0v) is 78.4. The summed E-state index contributed by atoms with van der Waals surface area (Å²) < 4.78 is 16.7. The van der Waals surface area contributed by atoms with Crippen molar-refractivity contribution in [1.82, 2.24) is 95.4 Å². The van der Waals surface area contributed by atoms with E-state index in [1.807, 2.05) is 88.0 Å². The Morgan fingerprint density at radius 2 is 0.731 bits per heavy atom. The molecule has 6 aliphatic rings. The Labute approximate surface area is 769 Å². The van der Waals surface area contributed by atoms with Crippen LogP contribution in [0.3, 0.4) is 0 Å². The third kappa shape index (κ3) is 20.1. The molecule has 0 saturated carbocycles. The van der Waals surface area contributed by atoms with Crippen LogP contribution in [0.25, 0.3) is 34.9 Å². The normalized spacial score (nSPS) is 16.3. The van der Waals surface area contributed by atoms with Crippen LogP contribution in [0, 0.1) is 83.1 Å². The topological polar surface area (TPSA) is 468 Å². The number of piperazine rings is 1. The summed E-state index contributed by atoms with van der Waals surface area (Å²) in [5.74, 6) is 1.34. The number of aromatic nitrogens is 12. The maximum atomic E-state index is 14.0. The SMILES string of the molecule is COc1c(C)cnc(CN2C(=O)/C(=C\c3[nH]c(C)c(C(=O)NCCN4CCC(O)CC4)c3C)c3c(Cl)nc(N)nc32)c1C.COc1c(C)cnc(CN2C(=O)/C(=C\c3[nH]c(C)c(C(=O)NCCN4CCCCC4)c3C)c3c(Cl)nc(N)nc32)c1C.COc1c(C)cnc(CN2C(=O)/C(=C\c3[nH]c(C)c(C(=O)NCCN4CCN(C(C)=O)CC4)c3C)c3c(Cl)nc(N)nc32)c1C. The molecule has 15 heterocycles. The summed E-state index contributed by atoms with van der Waals surface area (Å²) >= 11 is 19.7. The van der Waals surface area contributed by atoms with Crippen molar-refractivity contribution in [2.75, 3.05) is 145 Å². The van der Waals surface area contributed by atoms with E-state index in [9.17, 15) is 38.7 Å². The number of anilines is 6. The van der Waals surface area contributed by atoms with Crippen LogP contribution < -0.4 is 62.1 Å². The number of carbonyl (C=O) groups is 7. The molecule has 0 unspecified atom stereocenters. The fraction of sp³-hybridized carbons (Fsp3) is 0.429. The number of hydrogen-bond donors (Lipinski definition) is 10. The zero-order chi connectivity index (χ0) is 93.7. The van der Waals surface area contributed by atoms with Crippen LogP contribution in [0.15, 0.2) is 18.6 Å². The van der Waals surface area contributed by atoms with Gasteiger partial charge in [0.25, 0.3) is 35.4 Å². The minimum Gasteiger partial charge on any atom is -0.496 e. The number of fused-ring (bicyclic) bond motifs is 3. The number of rotatable bonds is 24. The van der Waals surface area contributed by atoms with Gasteiger partial charge in [0.2, 0.25) is 23.8 Å². The van der Waals surface area contributed by atoms with Crippen molar-refractivity contribution in [2.45, 2.75) is 148 Å². The van der Waals surface area contributed by atoms with E-state index >= 15 is 0 Å². The van der Waals surface area contributed by atoms with Gasteiger partial charge in [-0.15, -0.1) is 0 Å². The number of H-pyrrole nitrogens is 3. The molecule has 3 saturated heterocycles. The molecule has 688 valence electrons. The van der Waals surface area contributed by atoms with E-state index < -0.39 is 0 Å². The van der Waals surface area contributed by atoms with Crippen molar-refractivity contribution in [3.05, 3.63) is 169 Å². The molecule has 0 aliphatic carbocycles. The number of nitrogens with zero attached hydrogens (tertiary/aromatic N) is 16. The molecule has 0 spiro atoms. The molecule has 7 amide bonds. The Kier molecular flexibility index (Phi) is 29.8. The number of aromatic amines is 3. The molecule has 3 fully saturated rings. The first-order valence-electron chi connectivity index (χ1n) is 43.1. The molecule has 9 aromatic rings. The molecule has 15 rings (SSSR count). The van der Waals surface area contributed by atoms with Gasteiger partial charge in [0.05, 0.1) is 114 Å². The highest BCUT2D eigenvalue weighted by Gasteiger charge is 2.42. The fourth-order valence-electron chi connectivity index (χ4n) is 17.7. The predicted octanol–water partition coefficient (Wildman–Crippen LogP) is 9.59. The highest BCUT2D eigenvalue weighted by molar-refractivity contribution is 6.43. The second kappa shape index (κ2) is 40.7. The lowest BCUT2D eigenvalue weighted by atomic mass is 10.1. The van der Waals surface area contributed by atoms with Crippen LogP contribution in [0.4, 0.5) is 35.3 Å². The number of nitrogens with two attached hydrogens (primary N) is 3. The summed E-state index contributed by atoms with van der Waals surface area (Å²) in [6.45, 7) is 34.8. The minimum atomic E-state index is -0.352. The van der Waals surface area contributed by atoms with Gasteiger partial charge in [-0.2, -0.15) is 15.0 Å². The summed E-state index contributed by atoms with van der Waals surface area (Å²) in [4.78, 5) is 155. The second-order valence-electron chi connectivity index (χ2n) is 33.3. The number of methoxy groups -OCH3 is 3. The predicted molar refractivity (Wildman–Crippen MR) is 501 cm³/mol. The van der Waals surface area contributed by atoms with Crippen molar-refractivity contribution in [3.8, 4) is 17.2 Å². The molecular weight excluding hydrogens is 1730 g/mol. The van der Waals surface area contributed by atoms with Gasteiger partial charge in [0.1, 0.15) is 32.7 Å². The van der Waals surface area contributed by atoms with Crippen LogP contribution in [-0.4, -0.2) is 245 Å². The summed E-state index contributed by atoms with van der Waals surface area (Å²) in [7, 11) is 4.80. The molecule has 0 aromatic carbocycles. The van der Waals surface area contributed by atoms with Crippen molar-refractivity contribution >= 4 is 146 Å². The van der Waals surface area contributed by atoms with Gasteiger partial charge in [0, 0.05) is 172 Å². The van der Waals surface area contributed by atoms with Gasteiger partial charge in [-0.1, -0.05) is 41.2 Å². The van der Waals surface area contributed by atoms with Crippen LogP contribution >= 0.6 is 34.8 Å². The Bertz CT molecular complexity index is 6040. The standard InChI is InChI=1S/C31H38ClN9O4.C30H37ClN8O4.C30H37ClN8O3/c1-16-14-35-23(18(3)26(16)45-6)15-41-28-25(27(32)37-31(33)38-28)21(30(41)44)13-22-17(2)24(19(4)36-22)29(43)34-7-8-39-9-11-40(12-10-39)20(5)42;1-15-13-34-22(17(3)25(15)43-5)14-39-27-24(26(31)36-30(32)37-27)20(29(39)42)12-21-16(2)23(18(4)35-21)28(41)33-8-11-38-9-6-19(40)7-10-38;1-16-14-34-22(18(3)25(16)42-5)15-39-27-24(26(31)36-30(32)37-27)20(29(39)41)13-21-17(2)23(19(4)35-21)28(40)33-9-12-38-10-7-6-8-11-38/h13-14,36H,7-12,15H2,1-6H3,(H,34,43)(H2,33,37,38);12-13,19,35,40H,6-11,14H2,1-5H3,(H,33,41)(H2,32,36,37);13-14,35H,6-12,15H2,1-5H3,(H,33,40)(H2,32,36,37)/b21-13-;20-12-;20-13-. The fourth-order valence-corrected chi connectivity index (χ4v) is 18.5. The Morgan fingerprint density at radius 1 is 0.438 bits per heavy atom. The smallest absolute Gasteiger partial charge is 0.260 e. The number of piperidine rings is 2. The number of nitrogen functional groups attached to an aromatic ring is 3. The lowest BCUT2D eigenvalue weighted by molar-refractivity contribution is -0.130. The third-order valence-electron chi connectivity index (χ3n) is 24.7. The zero-order valence-electron chi connectivity index (χ0n) is 76.1. The number of carbonyl (C=O) groups excluding carboxylic acids is 7. The van der Waals surface area contributed by atoms with Crippen molar-refractivity contribution in [2.24, 2.45) is 0 Å². The average Bonchev–Trinajstić information content (AvgIpc) is 1.61. The monoisotopic (exact) mass is 1840 g/mol. The minimum absolute atomic E-state index is 0.0422. The lowest BCUT2D eigenvalue weighted by Crippen LogP contribution is -2.49.